The van der Waals surface area contributed by atoms with Gasteiger partial charge in [-0.2, -0.15) is 0 Å². The molecule has 0 spiro atoms. The van der Waals surface area contributed by atoms with Crippen molar-refractivity contribution in [2.75, 3.05) is 0 Å². The van der Waals surface area contributed by atoms with Gasteiger partial charge in [-0.1, -0.05) is 12.5 Å². The number of Topliss-reactive ketones (excluding diaryl/α,β-unsaturated/α-hetero) is 1. The standard InChI is InChI=1S/C13H16OS/c14-13(8-11-2-1-5-15-11)12-7-9-3-4-10(12)6-9/h1-2,5,9-10,12H,3-4,6-8H2. The average molecular weight is 220 g/mol. The minimum atomic E-state index is 0.408. The lowest BCUT2D eigenvalue weighted by Gasteiger charge is -2.19. The molecule has 3 unspecified atom stereocenters. The Balaban J connectivity index is 1.66. The van der Waals surface area contributed by atoms with Crippen molar-refractivity contribution in [1.29, 1.82) is 0 Å². The van der Waals surface area contributed by atoms with Crippen LogP contribution < -0.4 is 0 Å². The highest BCUT2D eigenvalue weighted by Crippen LogP contribution is 2.48. The molecule has 2 heteroatoms. The zero-order chi connectivity index (χ0) is 10.3. The third-order valence-corrected chi connectivity index (χ3v) is 4.96. The molecule has 2 fully saturated rings. The molecule has 0 aliphatic heterocycles. The van der Waals surface area contributed by atoms with Gasteiger partial charge in [-0.25, -0.2) is 0 Å². The van der Waals surface area contributed by atoms with Gasteiger partial charge in [0, 0.05) is 17.2 Å². The minimum absolute atomic E-state index is 0.408. The lowest BCUT2D eigenvalue weighted by atomic mass is 9.84. The first-order valence-electron chi connectivity index (χ1n) is 5.88. The van der Waals surface area contributed by atoms with Gasteiger partial charge in [0.25, 0.3) is 0 Å². The number of rotatable bonds is 3. The van der Waals surface area contributed by atoms with Crippen molar-refractivity contribution in [3.05, 3.63) is 22.4 Å². The molecule has 2 bridgehead atoms. The summed E-state index contributed by atoms with van der Waals surface area (Å²) in [5.74, 6) is 2.53. The summed E-state index contributed by atoms with van der Waals surface area (Å²) in [7, 11) is 0. The molecule has 2 aliphatic rings. The van der Waals surface area contributed by atoms with Crippen LogP contribution in [0.3, 0.4) is 0 Å². The van der Waals surface area contributed by atoms with E-state index in [1.165, 1.54) is 30.6 Å². The number of carbonyl (C=O) groups is 1. The number of thiophene rings is 1. The lowest BCUT2D eigenvalue weighted by Crippen LogP contribution is -2.22. The maximum atomic E-state index is 12.1. The Morgan fingerprint density at radius 2 is 2.33 bits per heavy atom. The summed E-state index contributed by atoms with van der Waals surface area (Å²) in [4.78, 5) is 13.3. The van der Waals surface area contributed by atoms with Crippen molar-refractivity contribution in [1.82, 2.24) is 0 Å². The molecule has 80 valence electrons. The topological polar surface area (TPSA) is 17.1 Å². The van der Waals surface area contributed by atoms with E-state index in [4.69, 9.17) is 0 Å². The zero-order valence-electron chi connectivity index (χ0n) is 8.82. The molecule has 15 heavy (non-hydrogen) atoms. The van der Waals surface area contributed by atoms with Crippen LogP contribution in [0.2, 0.25) is 0 Å². The fourth-order valence-corrected chi connectivity index (χ4v) is 4.07. The Morgan fingerprint density at radius 1 is 1.40 bits per heavy atom. The fourth-order valence-electron chi connectivity index (χ4n) is 3.36. The predicted molar refractivity (Wildman–Crippen MR) is 62.0 cm³/mol. The summed E-state index contributed by atoms with van der Waals surface area (Å²) >= 11 is 1.71. The second-order valence-corrected chi connectivity index (χ2v) is 6.04. The van der Waals surface area contributed by atoms with E-state index in [0.717, 1.165) is 11.8 Å². The SMILES string of the molecule is O=C(Cc1cccs1)C1CC2CCC1C2. The van der Waals surface area contributed by atoms with Crippen LogP contribution in [0, 0.1) is 17.8 Å². The zero-order valence-corrected chi connectivity index (χ0v) is 9.63. The van der Waals surface area contributed by atoms with Gasteiger partial charge in [0.2, 0.25) is 0 Å². The van der Waals surface area contributed by atoms with Crippen LogP contribution in [0.1, 0.15) is 30.6 Å². The van der Waals surface area contributed by atoms with Crippen molar-refractivity contribution in [2.45, 2.75) is 32.1 Å². The Kier molecular flexibility index (Phi) is 2.39. The van der Waals surface area contributed by atoms with E-state index >= 15 is 0 Å². The first kappa shape index (κ1) is 9.59. The molecule has 0 amide bonds. The maximum Gasteiger partial charge on any atom is 0.141 e. The van der Waals surface area contributed by atoms with Gasteiger partial charge < -0.3 is 0 Å². The first-order valence-corrected chi connectivity index (χ1v) is 6.76. The third kappa shape index (κ3) is 1.76. The highest BCUT2D eigenvalue weighted by atomic mass is 32.1. The molecule has 2 aliphatic carbocycles. The fraction of sp³-hybridized carbons (Fsp3) is 0.615. The van der Waals surface area contributed by atoms with E-state index in [2.05, 4.69) is 11.4 Å². The Hall–Kier alpha value is -0.630. The molecular weight excluding hydrogens is 204 g/mol. The summed E-state index contributed by atoms with van der Waals surface area (Å²) in [6.07, 6.45) is 5.90. The van der Waals surface area contributed by atoms with E-state index in [1.54, 1.807) is 11.3 Å². The highest BCUT2D eigenvalue weighted by molar-refractivity contribution is 7.10. The van der Waals surface area contributed by atoms with Crippen LogP contribution in [-0.2, 0) is 11.2 Å². The molecule has 0 saturated heterocycles. The Labute approximate surface area is 94.5 Å². The Morgan fingerprint density at radius 3 is 2.93 bits per heavy atom. The van der Waals surface area contributed by atoms with E-state index < -0.39 is 0 Å². The van der Waals surface area contributed by atoms with E-state index in [9.17, 15) is 4.79 Å². The molecule has 1 aromatic heterocycles. The van der Waals surface area contributed by atoms with Gasteiger partial charge in [-0.05, 0) is 42.5 Å². The summed E-state index contributed by atoms with van der Waals surface area (Å²) < 4.78 is 0. The molecule has 2 saturated carbocycles. The largest absolute Gasteiger partial charge is 0.299 e. The monoisotopic (exact) mass is 220 g/mol. The third-order valence-electron chi connectivity index (χ3n) is 4.08. The highest BCUT2D eigenvalue weighted by Gasteiger charge is 2.42. The second kappa shape index (κ2) is 3.75. The molecule has 0 N–H and O–H groups in total. The molecule has 1 nitrogen and oxygen atoms in total. The quantitative estimate of drug-likeness (QED) is 0.764. The van der Waals surface area contributed by atoms with Crippen molar-refractivity contribution >= 4 is 17.1 Å². The normalized spacial score (nSPS) is 33.5. The van der Waals surface area contributed by atoms with Crippen LogP contribution >= 0.6 is 11.3 Å². The molecular formula is C13H16OS. The van der Waals surface area contributed by atoms with Crippen molar-refractivity contribution in [3.63, 3.8) is 0 Å². The maximum absolute atomic E-state index is 12.1. The predicted octanol–water partition coefficient (Wildman–Crippen LogP) is 3.30. The van der Waals surface area contributed by atoms with Crippen LogP contribution in [0.5, 0.6) is 0 Å². The molecule has 3 atom stereocenters. The van der Waals surface area contributed by atoms with E-state index in [0.29, 0.717) is 18.1 Å². The van der Waals surface area contributed by atoms with Crippen LogP contribution in [0.15, 0.2) is 17.5 Å². The Bertz CT molecular complexity index is 355. The number of fused-ring (bicyclic) bond motifs is 2. The molecule has 3 rings (SSSR count). The summed E-state index contributed by atoms with van der Waals surface area (Å²) in [5.41, 5.74) is 0. The van der Waals surface area contributed by atoms with Gasteiger partial charge >= 0.3 is 0 Å². The van der Waals surface area contributed by atoms with E-state index in [-0.39, 0.29) is 0 Å². The van der Waals surface area contributed by atoms with Gasteiger partial charge in [0.1, 0.15) is 5.78 Å². The number of hydrogen-bond acceptors (Lipinski definition) is 2. The summed E-state index contributed by atoms with van der Waals surface area (Å²) in [5, 5.41) is 2.06. The van der Waals surface area contributed by atoms with Gasteiger partial charge in [-0.3, -0.25) is 4.79 Å². The van der Waals surface area contributed by atoms with Gasteiger partial charge in [0.05, 0.1) is 0 Å². The van der Waals surface area contributed by atoms with Gasteiger partial charge in [0.15, 0.2) is 0 Å². The van der Waals surface area contributed by atoms with Gasteiger partial charge in [-0.15, -0.1) is 11.3 Å². The van der Waals surface area contributed by atoms with E-state index in [1.807, 2.05) is 6.07 Å². The molecule has 0 radical (unpaired) electrons. The second-order valence-electron chi connectivity index (χ2n) is 5.00. The van der Waals surface area contributed by atoms with Crippen LogP contribution in [0.4, 0.5) is 0 Å². The average Bonchev–Trinajstić information content (AvgIpc) is 2.93. The number of ketones is 1. The number of carbonyl (C=O) groups excluding carboxylic acids is 1. The van der Waals surface area contributed by atoms with Crippen LogP contribution in [-0.4, -0.2) is 5.78 Å². The number of hydrogen-bond donors (Lipinski definition) is 0. The first-order chi connectivity index (χ1) is 7.33. The summed E-state index contributed by atoms with van der Waals surface area (Å²) in [6, 6.07) is 4.11. The smallest absolute Gasteiger partial charge is 0.141 e. The summed E-state index contributed by atoms with van der Waals surface area (Å²) in [6.45, 7) is 0. The van der Waals surface area contributed by atoms with Crippen molar-refractivity contribution in [3.8, 4) is 0 Å². The molecule has 0 aromatic carbocycles. The molecule has 1 aromatic rings. The van der Waals surface area contributed by atoms with Crippen molar-refractivity contribution in [2.24, 2.45) is 17.8 Å². The van der Waals surface area contributed by atoms with Crippen molar-refractivity contribution < 1.29 is 4.79 Å². The minimum Gasteiger partial charge on any atom is -0.299 e. The lowest BCUT2D eigenvalue weighted by molar-refractivity contribution is -0.123. The van der Waals surface area contributed by atoms with Crippen LogP contribution in [0.25, 0.3) is 0 Å². The molecule has 1 heterocycles.